The molecule has 0 aliphatic heterocycles. The minimum atomic E-state index is -0.604. The van der Waals surface area contributed by atoms with Gasteiger partial charge in [-0.2, -0.15) is 0 Å². The Morgan fingerprint density at radius 1 is 1.41 bits per heavy atom. The second-order valence-electron chi connectivity index (χ2n) is 5.21. The Kier molecular flexibility index (Phi) is 4.51. The number of nitrogens with one attached hydrogen (secondary N) is 1. The number of carbonyl (C=O) groups excluding carboxylic acids is 2. The Hall–Kier alpha value is -1.10. The van der Waals surface area contributed by atoms with Crippen molar-refractivity contribution in [3.8, 4) is 0 Å². The highest BCUT2D eigenvalue weighted by molar-refractivity contribution is 5.79. The number of amides is 1. The molecular formula is C12H22N2O3. The molecule has 0 atom stereocenters. The van der Waals surface area contributed by atoms with Crippen molar-refractivity contribution in [2.24, 2.45) is 5.41 Å². The average Bonchev–Trinajstić information content (AvgIpc) is 3.10. The number of esters is 1. The highest BCUT2D eigenvalue weighted by Crippen LogP contribution is 2.25. The maximum atomic E-state index is 11.7. The molecule has 0 saturated heterocycles. The van der Waals surface area contributed by atoms with E-state index in [1.165, 1.54) is 7.11 Å². The van der Waals surface area contributed by atoms with E-state index in [-0.39, 0.29) is 18.4 Å². The third-order valence-electron chi connectivity index (χ3n) is 3.07. The van der Waals surface area contributed by atoms with Crippen molar-refractivity contribution in [3.63, 3.8) is 0 Å². The first-order chi connectivity index (χ1) is 7.88. The van der Waals surface area contributed by atoms with Crippen LogP contribution in [0.2, 0.25) is 0 Å². The Bertz CT molecular complexity index is 298. The summed E-state index contributed by atoms with van der Waals surface area (Å²) < 4.78 is 4.69. The number of methoxy groups -OCH3 is 1. The maximum absolute atomic E-state index is 11.7. The molecule has 0 heterocycles. The van der Waals surface area contributed by atoms with E-state index < -0.39 is 5.41 Å². The molecule has 5 nitrogen and oxygen atoms in total. The molecule has 0 spiro atoms. The summed E-state index contributed by atoms with van der Waals surface area (Å²) in [5.74, 6) is -0.193. The summed E-state index contributed by atoms with van der Waals surface area (Å²) >= 11 is 0. The number of rotatable bonds is 6. The number of nitrogens with zero attached hydrogens (tertiary/aromatic N) is 1. The van der Waals surface area contributed by atoms with Gasteiger partial charge in [0.2, 0.25) is 5.91 Å². The van der Waals surface area contributed by atoms with Gasteiger partial charge in [-0.05, 0) is 26.7 Å². The smallest absolute Gasteiger partial charge is 0.312 e. The van der Waals surface area contributed by atoms with Crippen LogP contribution in [0.3, 0.4) is 0 Å². The van der Waals surface area contributed by atoms with E-state index in [1.807, 2.05) is 7.05 Å². The van der Waals surface area contributed by atoms with E-state index in [0.717, 1.165) is 12.8 Å². The zero-order valence-electron chi connectivity index (χ0n) is 11.1. The van der Waals surface area contributed by atoms with Crippen LogP contribution in [0.1, 0.15) is 26.7 Å². The van der Waals surface area contributed by atoms with Gasteiger partial charge in [0.05, 0.1) is 19.1 Å². The van der Waals surface area contributed by atoms with Crippen molar-refractivity contribution in [2.75, 3.05) is 27.2 Å². The van der Waals surface area contributed by atoms with E-state index in [4.69, 9.17) is 4.74 Å². The third-order valence-corrected chi connectivity index (χ3v) is 3.07. The van der Waals surface area contributed by atoms with Crippen molar-refractivity contribution in [3.05, 3.63) is 0 Å². The van der Waals surface area contributed by atoms with Crippen LogP contribution in [-0.2, 0) is 14.3 Å². The minimum Gasteiger partial charge on any atom is -0.469 e. The van der Waals surface area contributed by atoms with Crippen molar-refractivity contribution >= 4 is 11.9 Å². The van der Waals surface area contributed by atoms with Gasteiger partial charge < -0.3 is 15.0 Å². The third kappa shape index (κ3) is 4.00. The normalized spacial score (nSPS) is 15.5. The Morgan fingerprint density at radius 2 is 2.00 bits per heavy atom. The summed E-state index contributed by atoms with van der Waals surface area (Å²) in [7, 11) is 3.20. The fourth-order valence-corrected chi connectivity index (χ4v) is 1.62. The van der Waals surface area contributed by atoms with E-state index in [0.29, 0.717) is 12.6 Å². The molecule has 5 heteroatoms. The van der Waals surface area contributed by atoms with E-state index >= 15 is 0 Å². The van der Waals surface area contributed by atoms with Gasteiger partial charge in [0.1, 0.15) is 0 Å². The Morgan fingerprint density at radius 3 is 2.47 bits per heavy atom. The standard InChI is InChI=1S/C12H22N2O3/c1-12(2,11(16)17-4)8-13-7-10(15)14(3)9-5-6-9/h9,13H,5-8H2,1-4H3. The van der Waals surface area contributed by atoms with Gasteiger partial charge in [-0.25, -0.2) is 0 Å². The van der Waals surface area contributed by atoms with E-state index in [2.05, 4.69) is 5.32 Å². The number of likely N-dealkylation sites (N-methyl/N-ethyl adjacent to an activating group) is 1. The summed E-state index contributed by atoms with van der Waals surface area (Å²) in [6.07, 6.45) is 2.21. The lowest BCUT2D eigenvalue weighted by Gasteiger charge is -2.23. The van der Waals surface area contributed by atoms with Crippen LogP contribution in [0, 0.1) is 5.41 Å². The molecule has 0 unspecified atom stereocenters. The van der Waals surface area contributed by atoms with Gasteiger partial charge in [-0.15, -0.1) is 0 Å². The molecule has 1 saturated carbocycles. The largest absolute Gasteiger partial charge is 0.469 e. The van der Waals surface area contributed by atoms with Crippen molar-refractivity contribution in [1.29, 1.82) is 0 Å². The van der Waals surface area contributed by atoms with Crippen LogP contribution in [-0.4, -0.2) is 50.1 Å². The SMILES string of the molecule is COC(=O)C(C)(C)CNCC(=O)N(C)C1CC1. The zero-order valence-corrected chi connectivity index (χ0v) is 11.1. The lowest BCUT2D eigenvalue weighted by molar-refractivity contribution is -0.150. The summed E-state index contributed by atoms with van der Waals surface area (Å²) in [4.78, 5) is 24.9. The van der Waals surface area contributed by atoms with Gasteiger partial charge >= 0.3 is 5.97 Å². The highest BCUT2D eigenvalue weighted by Gasteiger charge is 2.31. The molecule has 0 aromatic heterocycles. The summed E-state index contributed by atoms with van der Waals surface area (Å²) in [5, 5.41) is 3.01. The molecule has 1 N–H and O–H groups in total. The van der Waals surface area contributed by atoms with Crippen LogP contribution in [0.25, 0.3) is 0 Å². The van der Waals surface area contributed by atoms with Gasteiger partial charge in [0.25, 0.3) is 0 Å². The average molecular weight is 242 g/mol. The molecule has 0 bridgehead atoms. The van der Waals surface area contributed by atoms with Crippen molar-refractivity contribution in [1.82, 2.24) is 10.2 Å². The van der Waals surface area contributed by atoms with Crippen LogP contribution in [0.15, 0.2) is 0 Å². The fraction of sp³-hybridized carbons (Fsp3) is 0.833. The van der Waals surface area contributed by atoms with Crippen LogP contribution in [0.5, 0.6) is 0 Å². The molecule has 1 amide bonds. The lowest BCUT2D eigenvalue weighted by Crippen LogP contribution is -2.42. The zero-order chi connectivity index (χ0) is 13.1. The molecular weight excluding hydrogens is 220 g/mol. The van der Waals surface area contributed by atoms with E-state index in [9.17, 15) is 9.59 Å². The van der Waals surface area contributed by atoms with Gasteiger partial charge in [0, 0.05) is 19.6 Å². The van der Waals surface area contributed by atoms with Crippen LogP contribution in [0.4, 0.5) is 0 Å². The molecule has 0 aromatic carbocycles. The number of hydrogen-bond acceptors (Lipinski definition) is 4. The summed E-state index contributed by atoms with van der Waals surface area (Å²) in [6.45, 7) is 4.29. The van der Waals surface area contributed by atoms with Gasteiger partial charge in [-0.1, -0.05) is 0 Å². The molecule has 17 heavy (non-hydrogen) atoms. The fourth-order valence-electron chi connectivity index (χ4n) is 1.62. The number of ether oxygens (including phenoxy) is 1. The quantitative estimate of drug-likeness (QED) is 0.685. The van der Waals surface area contributed by atoms with Crippen LogP contribution < -0.4 is 5.32 Å². The summed E-state index contributed by atoms with van der Waals surface area (Å²) in [5.41, 5.74) is -0.604. The highest BCUT2D eigenvalue weighted by atomic mass is 16.5. The Balaban J connectivity index is 2.26. The molecule has 0 aromatic rings. The molecule has 1 fully saturated rings. The lowest BCUT2D eigenvalue weighted by atomic mass is 9.94. The van der Waals surface area contributed by atoms with Gasteiger partial charge in [-0.3, -0.25) is 9.59 Å². The van der Waals surface area contributed by atoms with Gasteiger partial charge in [0.15, 0.2) is 0 Å². The second kappa shape index (κ2) is 5.49. The second-order valence-corrected chi connectivity index (χ2v) is 5.21. The molecule has 1 aliphatic carbocycles. The van der Waals surface area contributed by atoms with Crippen molar-refractivity contribution < 1.29 is 14.3 Å². The topological polar surface area (TPSA) is 58.6 Å². The molecule has 1 rings (SSSR count). The molecule has 0 radical (unpaired) electrons. The molecule has 98 valence electrons. The minimum absolute atomic E-state index is 0.0770. The predicted octanol–water partition coefficient (Wildman–Crippen LogP) is 0.396. The first-order valence-corrected chi connectivity index (χ1v) is 5.93. The van der Waals surface area contributed by atoms with E-state index in [1.54, 1.807) is 18.7 Å². The predicted molar refractivity (Wildman–Crippen MR) is 64.5 cm³/mol. The van der Waals surface area contributed by atoms with Crippen LogP contribution >= 0.6 is 0 Å². The Labute approximate surface area is 102 Å². The van der Waals surface area contributed by atoms with Crippen molar-refractivity contribution in [2.45, 2.75) is 32.7 Å². The summed E-state index contributed by atoms with van der Waals surface area (Å²) in [6, 6.07) is 0.429. The molecule has 1 aliphatic rings. The first kappa shape index (κ1) is 14.0. The number of carbonyl (C=O) groups is 2. The number of hydrogen-bond donors (Lipinski definition) is 1. The maximum Gasteiger partial charge on any atom is 0.312 e. The first-order valence-electron chi connectivity index (χ1n) is 5.93. The monoisotopic (exact) mass is 242 g/mol.